The third-order valence-corrected chi connectivity index (χ3v) is 3.55. The zero-order chi connectivity index (χ0) is 16.4. The molecule has 3 aromatic rings. The average molecular weight is 305 g/mol. The zero-order valence-corrected chi connectivity index (χ0v) is 12.5. The molecule has 0 atom stereocenters. The Balaban J connectivity index is 2.03. The lowest BCUT2D eigenvalue weighted by molar-refractivity contribution is 0.0697. The van der Waals surface area contributed by atoms with E-state index in [1.807, 2.05) is 31.2 Å². The van der Waals surface area contributed by atoms with Crippen LogP contribution in [-0.4, -0.2) is 21.0 Å². The Morgan fingerprint density at radius 2 is 1.61 bits per heavy atom. The second-order valence-electron chi connectivity index (χ2n) is 5.24. The van der Waals surface area contributed by atoms with Gasteiger partial charge in [-0.15, -0.1) is 0 Å². The van der Waals surface area contributed by atoms with Crippen molar-refractivity contribution in [2.24, 2.45) is 0 Å². The summed E-state index contributed by atoms with van der Waals surface area (Å²) in [7, 11) is 0. The smallest absolute Gasteiger partial charge is 0.335 e. The first-order valence-corrected chi connectivity index (χ1v) is 7.08. The summed E-state index contributed by atoms with van der Waals surface area (Å²) in [5.74, 6) is -0.597. The number of aromatic nitrogens is 2. The number of anilines is 1. The highest BCUT2D eigenvalue weighted by atomic mass is 16.4. The molecule has 114 valence electrons. The highest BCUT2D eigenvalue weighted by Gasteiger charge is 2.10. The molecule has 3 N–H and O–H groups in total. The molecule has 23 heavy (non-hydrogen) atoms. The van der Waals surface area contributed by atoms with E-state index in [2.05, 4.69) is 9.97 Å². The molecule has 1 aromatic heterocycles. The van der Waals surface area contributed by atoms with Crippen molar-refractivity contribution in [2.75, 3.05) is 5.73 Å². The lowest BCUT2D eigenvalue weighted by Crippen LogP contribution is -1.99. The Hall–Kier alpha value is -3.21. The van der Waals surface area contributed by atoms with E-state index in [9.17, 15) is 4.79 Å². The lowest BCUT2D eigenvalue weighted by Gasteiger charge is -2.08. The number of aromatic carboxylic acids is 1. The number of rotatable bonds is 3. The largest absolute Gasteiger partial charge is 0.478 e. The van der Waals surface area contributed by atoms with E-state index in [1.54, 1.807) is 30.5 Å². The molecule has 0 fully saturated rings. The molecular weight excluding hydrogens is 290 g/mol. The maximum atomic E-state index is 10.9. The van der Waals surface area contributed by atoms with Gasteiger partial charge < -0.3 is 10.8 Å². The van der Waals surface area contributed by atoms with Gasteiger partial charge in [0.25, 0.3) is 0 Å². The summed E-state index contributed by atoms with van der Waals surface area (Å²) in [5, 5.41) is 8.95. The van der Waals surface area contributed by atoms with Gasteiger partial charge in [0.05, 0.1) is 17.5 Å². The molecule has 0 aliphatic heterocycles. The first kappa shape index (κ1) is 14.7. The van der Waals surface area contributed by atoms with Crippen LogP contribution in [0.2, 0.25) is 0 Å². The molecule has 5 nitrogen and oxygen atoms in total. The Bertz CT molecular complexity index is 856. The van der Waals surface area contributed by atoms with Gasteiger partial charge in [-0.2, -0.15) is 0 Å². The highest BCUT2D eigenvalue weighted by molar-refractivity contribution is 5.88. The molecule has 0 bridgehead atoms. The summed E-state index contributed by atoms with van der Waals surface area (Å²) in [5.41, 5.74) is 10.3. The van der Waals surface area contributed by atoms with Gasteiger partial charge in [-0.05, 0) is 19.1 Å². The Morgan fingerprint density at radius 3 is 2.22 bits per heavy atom. The van der Waals surface area contributed by atoms with E-state index < -0.39 is 5.97 Å². The van der Waals surface area contributed by atoms with Crippen LogP contribution in [-0.2, 0) is 0 Å². The molecule has 1 heterocycles. The predicted octanol–water partition coefficient (Wildman–Crippen LogP) is 3.40. The Labute approximate surface area is 133 Å². The van der Waals surface area contributed by atoms with Gasteiger partial charge in [-0.1, -0.05) is 42.0 Å². The van der Waals surface area contributed by atoms with Crippen molar-refractivity contribution in [1.29, 1.82) is 0 Å². The van der Waals surface area contributed by atoms with Gasteiger partial charge in [0.2, 0.25) is 0 Å². The third kappa shape index (κ3) is 3.03. The van der Waals surface area contributed by atoms with Crippen LogP contribution in [0.15, 0.2) is 54.7 Å². The van der Waals surface area contributed by atoms with Crippen LogP contribution in [0.25, 0.3) is 22.5 Å². The molecule has 0 saturated heterocycles. The van der Waals surface area contributed by atoms with Crippen LogP contribution in [0.5, 0.6) is 0 Å². The predicted molar refractivity (Wildman–Crippen MR) is 89.0 cm³/mol. The molecule has 0 aliphatic rings. The fourth-order valence-electron chi connectivity index (χ4n) is 2.24. The normalized spacial score (nSPS) is 10.5. The van der Waals surface area contributed by atoms with Crippen LogP contribution in [0.1, 0.15) is 15.9 Å². The molecule has 2 aromatic carbocycles. The summed E-state index contributed by atoms with van der Waals surface area (Å²) >= 11 is 0. The number of nitrogens with zero attached hydrogens (tertiary/aromatic N) is 2. The molecule has 0 saturated carbocycles. The van der Waals surface area contributed by atoms with Gasteiger partial charge in [-0.3, -0.25) is 0 Å². The summed E-state index contributed by atoms with van der Waals surface area (Å²) < 4.78 is 0. The maximum Gasteiger partial charge on any atom is 0.335 e. The molecule has 0 aliphatic carbocycles. The monoisotopic (exact) mass is 305 g/mol. The minimum atomic E-state index is -0.958. The summed E-state index contributed by atoms with van der Waals surface area (Å²) in [4.78, 5) is 19.7. The van der Waals surface area contributed by atoms with Crippen molar-refractivity contribution in [2.45, 2.75) is 6.92 Å². The number of carboxylic acids is 1. The molecular formula is C18H15N3O2. The topological polar surface area (TPSA) is 89.1 Å². The fourth-order valence-corrected chi connectivity index (χ4v) is 2.24. The third-order valence-electron chi connectivity index (χ3n) is 3.55. The number of carboxylic acid groups (broad SMARTS) is 1. The second kappa shape index (κ2) is 5.88. The maximum absolute atomic E-state index is 10.9. The fraction of sp³-hybridized carbons (Fsp3) is 0.0556. The van der Waals surface area contributed by atoms with E-state index in [4.69, 9.17) is 10.8 Å². The van der Waals surface area contributed by atoms with Crippen molar-refractivity contribution in [3.05, 3.63) is 65.9 Å². The second-order valence-corrected chi connectivity index (χ2v) is 5.24. The van der Waals surface area contributed by atoms with E-state index >= 15 is 0 Å². The van der Waals surface area contributed by atoms with Crippen LogP contribution >= 0.6 is 0 Å². The van der Waals surface area contributed by atoms with Crippen LogP contribution < -0.4 is 5.73 Å². The van der Waals surface area contributed by atoms with Crippen molar-refractivity contribution < 1.29 is 9.90 Å². The summed E-state index contributed by atoms with van der Waals surface area (Å²) in [6.45, 7) is 2.01. The number of carbonyl (C=O) groups is 1. The van der Waals surface area contributed by atoms with Crippen molar-refractivity contribution in [3.8, 4) is 22.5 Å². The van der Waals surface area contributed by atoms with Crippen molar-refractivity contribution in [3.63, 3.8) is 0 Å². The molecule has 0 radical (unpaired) electrons. The molecule has 5 heteroatoms. The lowest BCUT2D eigenvalue weighted by atomic mass is 10.1. The van der Waals surface area contributed by atoms with Gasteiger partial charge in [-0.25, -0.2) is 14.8 Å². The molecule has 0 amide bonds. The number of benzene rings is 2. The molecule has 0 unspecified atom stereocenters. The number of nitrogen functional groups attached to an aromatic ring is 1. The van der Waals surface area contributed by atoms with E-state index in [0.29, 0.717) is 17.2 Å². The standard InChI is InChI=1S/C18H15N3O2/c1-11-2-4-13(5-3-11)16-17(19)20-10-15(21-16)12-6-8-14(9-7-12)18(22)23/h2-10H,1H3,(H2,19,20)(H,22,23). The van der Waals surface area contributed by atoms with Crippen LogP contribution in [0, 0.1) is 6.92 Å². The van der Waals surface area contributed by atoms with Crippen molar-refractivity contribution >= 4 is 11.8 Å². The quantitative estimate of drug-likeness (QED) is 0.774. The summed E-state index contributed by atoms with van der Waals surface area (Å²) in [6.07, 6.45) is 1.59. The Kier molecular flexibility index (Phi) is 3.76. The van der Waals surface area contributed by atoms with E-state index in [0.717, 1.165) is 16.7 Å². The number of aryl methyl sites for hydroxylation is 1. The van der Waals surface area contributed by atoms with Crippen LogP contribution in [0.3, 0.4) is 0 Å². The van der Waals surface area contributed by atoms with E-state index in [-0.39, 0.29) is 5.56 Å². The molecule has 3 rings (SSSR count). The van der Waals surface area contributed by atoms with E-state index in [1.165, 1.54) is 0 Å². The zero-order valence-electron chi connectivity index (χ0n) is 12.5. The average Bonchev–Trinajstić information content (AvgIpc) is 2.56. The minimum absolute atomic E-state index is 0.232. The first-order valence-electron chi connectivity index (χ1n) is 7.08. The number of nitrogens with two attached hydrogens (primary N) is 1. The number of hydrogen-bond acceptors (Lipinski definition) is 4. The van der Waals surface area contributed by atoms with Gasteiger partial charge in [0.1, 0.15) is 11.5 Å². The highest BCUT2D eigenvalue weighted by Crippen LogP contribution is 2.26. The SMILES string of the molecule is Cc1ccc(-c2nc(-c3ccc(C(=O)O)cc3)cnc2N)cc1. The van der Waals surface area contributed by atoms with Gasteiger partial charge in [0, 0.05) is 11.1 Å². The first-order chi connectivity index (χ1) is 11.0. The van der Waals surface area contributed by atoms with Gasteiger partial charge in [0.15, 0.2) is 0 Å². The Morgan fingerprint density at radius 1 is 1.00 bits per heavy atom. The van der Waals surface area contributed by atoms with Gasteiger partial charge >= 0.3 is 5.97 Å². The van der Waals surface area contributed by atoms with Crippen molar-refractivity contribution in [1.82, 2.24) is 9.97 Å². The summed E-state index contributed by atoms with van der Waals surface area (Å²) in [6, 6.07) is 14.4. The van der Waals surface area contributed by atoms with Crippen LogP contribution in [0.4, 0.5) is 5.82 Å². The minimum Gasteiger partial charge on any atom is -0.478 e. The number of hydrogen-bond donors (Lipinski definition) is 2. The molecule has 0 spiro atoms.